The topological polar surface area (TPSA) is 57.2 Å². The van der Waals surface area contributed by atoms with Crippen LogP contribution in [0.5, 0.6) is 22.3 Å². The third-order valence-electron chi connectivity index (χ3n) is 4.56. The number of carbonyl (C=O) groups is 1. The van der Waals surface area contributed by atoms with Crippen LogP contribution in [-0.4, -0.2) is 44.9 Å². The Labute approximate surface area is 179 Å². The van der Waals surface area contributed by atoms with Crippen LogP contribution in [0.3, 0.4) is 0 Å². The summed E-state index contributed by atoms with van der Waals surface area (Å²) in [5.74, 6) is 2.19. The molecular weight excluding hydrogens is 402 g/mol. The molecule has 0 radical (unpaired) electrons. The van der Waals surface area contributed by atoms with Gasteiger partial charge in [-0.3, -0.25) is 0 Å². The van der Waals surface area contributed by atoms with E-state index in [1.54, 1.807) is 6.92 Å². The van der Waals surface area contributed by atoms with E-state index in [2.05, 4.69) is 4.90 Å². The largest absolute Gasteiger partial charge is 0.514 e. The zero-order valence-electron chi connectivity index (χ0n) is 17.1. The Hall–Kier alpha value is -3.03. The molecule has 6 nitrogen and oxygen atoms in total. The number of fused-ring (bicyclic) bond motifs is 5. The minimum Gasteiger partial charge on any atom is -0.492 e. The van der Waals surface area contributed by atoms with E-state index >= 15 is 0 Å². The predicted octanol–water partition coefficient (Wildman–Crippen LogP) is 5.66. The van der Waals surface area contributed by atoms with E-state index in [0.717, 1.165) is 39.6 Å². The maximum absolute atomic E-state index is 11.8. The lowest BCUT2D eigenvalue weighted by Gasteiger charge is -2.13. The van der Waals surface area contributed by atoms with Gasteiger partial charge in [-0.2, -0.15) is 0 Å². The molecule has 1 aliphatic rings. The number of rotatable bonds is 6. The second-order valence-electron chi connectivity index (χ2n) is 7.00. The Morgan fingerprint density at radius 2 is 1.87 bits per heavy atom. The standard InChI is InChI=1S/C23H23NO5S/c1-4-26-23(25)29-21-14-18-16-7-5-6-8-19(16)28-20-13-15(27-12-11-24(2)3)9-10-17(20)22(18)30-21/h5-10,13-14H,4,11-12H2,1-3H3. The SMILES string of the molecule is CCOC(=O)Oc1cc2c(s1)-c1ccc(OCCN(C)C)cc1Oc1ccccc1-2. The Morgan fingerprint density at radius 1 is 1.03 bits per heavy atom. The highest BCUT2D eigenvalue weighted by Gasteiger charge is 2.25. The highest BCUT2D eigenvalue weighted by Crippen LogP contribution is 2.52. The van der Waals surface area contributed by atoms with Gasteiger partial charge < -0.3 is 23.8 Å². The summed E-state index contributed by atoms with van der Waals surface area (Å²) in [6.07, 6.45) is -0.705. The number of nitrogens with zero attached hydrogens (tertiary/aromatic N) is 1. The molecule has 0 amide bonds. The van der Waals surface area contributed by atoms with Crippen molar-refractivity contribution in [3.8, 4) is 43.9 Å². The molecule has 2 aromatic carbocycles. The number of ether oxygens (including phenoxy) is 4. The normalized spacial score (nSPS) is 11.6. The average molecular weight is 426 g/mol. The van der Waals surface area contributed by atoms with Crippen LogP contribution in [0.25, 0.3) is 21.6 Å². The van der Waals surface area contributed by atoms with Crippen LogP contribution in [0.4, 0.5) is 4.79 Å². The molecule has 0 bridgehead atoms. The third-order valence-corrected chi connectivity index (χ3v) is 5.60. The van der Waals surface area contributed by atoms with Crippen LogP contribution in [-0.2, 0) is 4.74 Å². The molecule has 1 aromatic heterocycles. The average Bonchev–Trinajstić information content (AvgIpc) is 3.06. The fourth-order valence-electron chi connectivity index (χ4n) is 3.16. The lowest BCUT2D eigenvalue weighted by Crippen LogP contribution is -2.19. The summed E-state index contributed by atoms with van der Waals surface area (Å²) >= 11 is 1.39. The van der Waals surface area contributed by atoms with Crippen LogP contribution >= 0.6 is 11.3 Å². The van der Waals surface area contributed by atoms with E-state index < -0.39 is 6.16 Å². The van der Waals surface area contributed by atoms with Crippen molar-refractivity contribution in [2.24, 2.45) is 0 Å². The van der Waals surface area contributed by atoms with Gasteiger partial charge >= 0.3 is 6.16 Å². The zero-order chi connectivity index (χ0) is 21.1. The van der Waals surface area contributed by atoms with E-state index in [9.17, 15) is 4.79 Å². The van der Waals surface area contributed by atoms with Crippen LogP contribution in [0.1, 0.15) is 6.92 Å². The molecule has 0 unspecified atom stereocenters. The highest BCUT2D eigenvalue weighted by atomic mass is 32.1. The quantitative estimate of drug-likeness (QED) is 0.371. The van der Waals surface area contributed by atoms with E-state index in [1.165, 1.54) is 11.3 Å². The van der Waals surface area contributed by atoms with Crippen LogP contribution < -0.4 is 14.2 Å². The summed E-state index contributed by atoms with van der Waals surface area (Å²) in [6, 6.07) is 15.5. The first-order chi connectivity index (χ1) is 14.5. The van der Waals surface area contributed by atoms with Gasteiger partial charge in [0.25, 0.3) is 0 Å². The van der Waals surface area contributed by atoms with E-state index in [4.69, 9.17) is 18.9 Å². The van der Waals surface area contributed by atoms with E-state index in [-0.39, 0.29) is 6.61 Å². The molecule has 0 spiro atoms. The van der Waals surface area contributed by atoms with Gasteiger partial charge in [-0.05, 0) is 39.2 Å². The second-order valence-corrected chi connectivity index (χ2v) is 8.02. The maximum atomic E-state index is 11.8. The fourth-order valence-corrected chi connectivity index (χ4v) is 4.20. The van der Waals surface area contributed by atoms with Crippen molar-refractivity contribution in [3.63, 3.8) is 0 Å². The van der Waals surface area contributed by atoms with Gasteiger partial charge in [-0.1, -0.05) is 29.5 Å². The number of likely N-dealkylation sites (N-methyl/N-ethyl adjacent to an activating group) is 1. The molecule has 4 rings (SSSR count). The van der Waals surface area contributed by atoms with E-state index in [1.807, 2.05) is 62.6 Å². The Balaban J connectivity index is 1.72. The van der Waals surface area contributed by atoms with Crippen molar-refractivity contribution in [3.05, 3.63) is 48.5 Å². The summed E-state index contributed by atoms with van der Waals surface area (Å²) in [6.45, 7) is 3.42. The number of thiophene rings is 1. The summed E-state index contributed by atoms with van der Waals surface area (Å²) in [7, 11) is 4.02. The molecule has 0 fully saturated rings. The van der Waals surface area contributed by atoms with E-state index in [0.29, 0.717) is 17.4 Å². The second kappa shape index (κ2) is 8.77. The molecule has 156 valence electrons. The minimum absolute atomic E-state index is 0.264. The molecule has 0 saturated heterocycles. The zero-order valence-corrected chi connectivity index (χ0v) is 18.0. The lowest BCUT2D eigenvalue weighted by atomic mass is 10.0. The Kier molecular flexibility index (Phi) is 5.92. The van der Waals surface area contributed by atoms with Gasteiger partial charge in [-0.15, -0.1) is 0 Å². The first-order valence-electron chi connectivity index (χ1n) is 9.72. The first kappa shape index (κ1) is 20.3. The molecule has 0 saturated carbocycles. The fraction of sp³-hybridized carbons (Fsp3) is 0.261. The van der Waals surface area contributed by atoms with Crippen LogP contribution in [0, 0.1) is 0 Å². The molecule has 0 N–H and O–H groups in total. The number of carbonyl (C=O) groups excluding carboxylic acids is 1. The molecule has 1 aliphatic heterocycles. The van der Waals surface area contributed by atoms with Crippen molar-refractivity contribution in [1.29, 1.82) is 0 Å². The minimum atomic E-state index is -0.705. The summed E-state index contributed by atoms with van der Waals surface area (Å²) < 4.78 is 22.4. The van der Waals surface area contributed by atoms with Crippen molar-refractivity contribution in [2.45, 2.75) is 6.92 Å². The first-order valence-corrected chi connectivity index (χ1v) is 10.5. The third kappa shape index (κ3) is 4.27. The van der Waals surface area contributed by atoms with Crippen molar-refractivity contribution >= 4 is 17.5 Å². The van der Waals surface area contributed by atoms with Crippen molar-refractivity contribution < 1.29 is 23.7 Å². The molecule has 3 aromatic rings. The number of hydrogen-bond acceptors (Lipinski definition) is 7. The Morgan fingerprint density at radius 3 is 2.67 bits per heavy atom. The monoisotopic (exact) mass is 425 g/mol. The highest BCUT2D eigenvalue weighted by molar-refractivity contribution is 7.18. The van der Waals surface area contributed by atoms with Gasteiger partial charge in [0.1, 0.15) is 23.9 Å². The van der Waals surface area contributed by atoms with Gasteiger partial charge in [0.2, 0.25) is 0 Å². The molecule has 30 heavy (non-hydrogen) atoms. The van der Waals surface area contributed by atoms with Crippen LogP contribution in [0.2, 0.25) is 0 Å². The smallest absolute Gasteiger partial charge is 0.492 e. The van der Waals surface area contributed by atoms with Crippen LogP contribution in [0.15, 0.2) is 48.5 Å². The Bertz CT molecular complexity index is 1060. The maximum Gasteiger partial charge on any atom is 0.514 e. The molecule has 7 heteroatoms. The summed E-state index contributed by atoms with van der Waals surface area (Å²) in [4.78, 5) is 14.8. The van der Waals surface area contributed by atoms with Gasteiger partial charge in [-0.25, -0.2) is 4.79 Å². The molecule has 0 atom stereocenters. The molecule has 0 aliphatic carbocycles. The van der Waals surface area contributed by atoms with Crippen molar-refractivity contribution in [2.75, 3.05) is 33.9 Å². The summed E-state index contributed by atoms with van der Waals surface area (Å²) in [5.41, 5.74) is 2.81. The van der Waals surface area contributed by atoms with Gasteiger partial charge in [0.05, 0.1) is 6.61 Å². The molecule has 2 heterocycles. The number of hydrogen-bond donors (Lipinski definition) is 0. The van der Waals surface area contributed by atoms with Crippen molar-refractivity contribution in [1.82, 2.24) is 4.90 Å². The lowest BCUT2D eigenvalue weighted by molar-refractivity contribution is 0.105. The predicted molar refractivity (Wildman–Crippen MR) is 117 cm³/mol. The molecular formula is C23H23NO5S. The number of benzene rings is 2. The van der Waals surface area contributed by atoms with Gasteiger partial charge in [0.15, 0.2) is 5.06 Å². The van der Waals surface area contributed by atoms with Gasteiger partial charge in [0, 0.05) is 40.2 Å². The summed E-state index contributed by atoms with van der Waals surface area (Å²) in [5, 5.41) is 0.479. The number of para-hydroxylation sites is 1.